The molecule has 1 aromatic heterocycles. The van der Waals surface area contributed by atoms with Crippen LogP contribution in [0.15, 0.2) is 42.7 Å². The maximum Gasteiger partial charge on any atom is 0.326 e. The highest BCUT2D eigenvalue weighted by Gasteiger charge is 2.31. The van der Waals surface area contributed by atoms with Crippen molar-refractivity contribution in [2.45, 2.75) is 18.9 Å². The minimum atomic E-state index is -1.08. The summed E-state index contributed by atoms with van der Waals surface area (Å²) in [6, 6.07) is 6.83. The number of carboxylic acids is 1. The second kappa shape index (κ2) is 7.97. The molecule has 3 rings (SSSR count). The molecule has 1 saturated heterocycles. The van der Waals surface area contributed by atoms with E-state index in [1.807, 2.05) is 0 Å². The third-order valence-corrected chi connectivity index (χ3v) is 4.49. The molecule has 2 atom stereocenters. The molecule has 0 saturated carbocycles. The summed E-state index contributed by atoms with van der Waals surface area (Å²) in [5.41, 5.74) is 1.29. The Morgan fingerprint density at radius 2 is 1.85 bits per heavy atom. The number of hydrogen-bond donors (Lipinski definition) is 3. The number of hydrogen-bond acceptors (Lipinski definition) is 4. The second-order valence-corrected chi connectivity index (χ2v) is 6.27. The Labute approximate surface area is 150 Å². The standard InChI is InChI=1S/C19H20N2O5/c22-17(14-7-8-20-10-14)12-3-5-13(6-4-12)18(23)21-16(19(24)25)15-2-1-9-26-11-15/h3-8,10,15-16,20H,1-2,9,11H2,(H,21,23)(H,24,25). The number of rotatable bonds is 6. The zero-order chi connectivity index (χ0) is 18.5. The van der Waals surface area contributed by atoms with Crippen LogP contribution in [0, 0.1) is 5.92 Å². The molecule has 1 aromatic carbocycles. The average Bonchev–Trinajstić information content (AvgIpc) is 3.20. The molecule has 1 amide bonds. The summed E-state index contributed by atoms with van der Waals surface area (Å²) in [5, 5.41) is 12.0. The normalized spacial score (nSPS) is 18.1. The van der Waals surface area contributed by atoms with Crippen LogP contribution in [0.5, 0.6) is 0 Å². The van der Waals surface area contributed by atoms with Crippen LogP contribution >= 0.6 is 0 Å². The zero-order valence-corrected chi connectivity index (χ0v) is 14.1. The molecule has 7 heteroatoms. The Balaban J connectivity index is 1.68. The van der Waals surface area contributed by atoms with Crippen molar-refractivity contribution in [3.8, 4) is 0 Å². The SMILES string of the molecule is O=C(NC(C(=O)O)C1CCCOC1)c1ccc(C(=O)c2cc[nH]c2)cc1. The fraction of sp³-hybridized carbons (Fsp3) is 0.316. The molecule has 26 heavy (non-hydrogen) atoms. The predicted octanol–water partition coefficient (Wildman–Crippen LogP) is 1.86. The van der Waals surface area contributed by atoms with Gasteiger partial charge in [0.15, 0.2) is 5.78 Å². The molecule has 0 spiro atoms. The van der Waals surface area contributed by atoms with Gasteiger partial charge in [0.05, 0.1) is 6.61 Å². The number of ketones is 1. The van der Waals surface area contributed by atoms with Gasteiger partial charge in [-0.05, 0) is 31.0 Å². The van der Waals surface area contributed by atoms with E-state index in [0.29, 0.717) is 36.3 Å². The fourth-order valence-corrected chi connectivity index (χ4v) is 3.04. The van der Waals surface area contributed by atoms with Gasteiger partial charge in [-0.25, -0.2) is 4.79 Å². The Hall–Kier alpha value is -2.93. The van der Waals surface area contributed by atoms with Gasteiger partial charge in [0.1, 0.15) is 6.04 Å². The number of aliphatic carboxylic acids is 1. The third kappa shape index (κ3) is 4.00. The number of benzene rings is 1. The minimum Gasteiger partial charge on any atom is -0.480 e. The smallest absolute Gasteiger partial charge is 0.326 e. The molecule has 1 aliphatic rings. The van der Waals surface area contributed by atoms with Crippen LogP contribution in [-0.4, -0.2) is 47.0 Å². The van der Waals surface area contributed by atoms with Crippen LogP contribution in [0.25, 0.3) is 0 Å². The van der Waals surface area contributed by atoms with E-state index in [-0.39, 0.29) is 11.7 Å². The van der Waals surface area contributed by atoms with Crippen molar-refractivity contribution < 1.29 is 24.2 Å². The van der Waals surface area contributed by atoms with Gasteiger partial charge in [-0.2, -0.15) is 0 Å². The molecule has 0 aliphatic carbocycles. The summed E-state index contributed by atoms with van der Waals surface area (Å²) in [7, 11) is 0. The number of ether oxygens (including phenoxy) is 1. The lowest BCUT2D eigenvalue weighted by molar-refractivity contribution is -0.142. The predicted molar refractivity (Wildman–Crippen MR) is 93.1 cm³/mol. The molecular weight excluding hydrogens is 336 g/mol. The van der Waals surface area contributed by atoms with Crippen LogP contribution < -0.4 is 5.32 Å². The summed E-state index contributed by atoms with van der Waals surface area (Å²) in [5.74, 6) is -1.96. The van der Waals surface area contributed by atoms with Crippen molar-refractivity contribution in [2.75, 3.05) is 13.2 Å². The molecule has 2 aromatic rings. The van der Waals surface area contributed by atoms with Gasteiger partial charge in [0.2, 0.25) is 0 Å². The van der Waals surface area contributed by atoms with E-state index in [9.17, 15) is 19.5 Å². The second-order valence-electron chi connectivity index (χ2n) is 6.27. The molecule has 7 nitrogen and oxygen atoms in total. The highest BCUT2D eigenvalue weighted by molar-refractivity contribution is 6.09. The summed E-state index contributed by atoms with van der Waals surface area (Å²) < 4.78 is 5.32. The molecule has 0 radical (unpaired) electrons. The van der Waals surface area contributed by atoms with Gasteiger partial charge in [-0.15, -0.1) is 0 Å². The molecular formula is C19H20N2O5. The van der Waals surface area contributed by atoms with E-state index in [1.54, 1.807) is 30.6 Å². The largest absolute Gasteiger partial charge is 0.480 e. The van der Waals surface area contributed by atoms with E-state index < -0.39 is 17.9 Å². The summed E-state index contributed by atoms with van der Waals surface area (Å²) >= 11 is 0. The first-order valence-electron chi connectivity index (χ1n) is 8.45. The highest BCUT2D eigenvalue weighted by atomic mass is 16.5. The van der Waals surface area contributed by atoms with Crippen molar-refractivity contribution in [3.63, 3.8) is 0 Å². The number of carbonyl (C=O) groups is 3. The van der Waals surface area contributed by atoms with Gasteiger partial charge >= 0.3 is 5.97 Å². The van der Waals surface area contributed by atoms with Crippen molar-refractivity contribution in [1.29, 1.82) is 0 Å². The first-order valence-corrected chi connectivity index (χ1v) is 8.45. The average molecular weight is 356 g/mol. The van der Waals surface area contributed by atoms with Crippen molar-refractivity contribution in [2.24, 2.45) is 5.92 Å². The van der Waals surface area contributed by atoms with Crippen LogP contribution in [-0.2, 0) is 9.53 Å². The Bertz CT molecular complexity index is 777. The van der Waals surface area contributed by atoms with Crippen molar-refractivity contribution in [3.05, 3.63) is 59.4 Å². The number of amides is 1. The first-order chi connectivity index (χ1) is 12.6. The lowest BCUT2D eigenvalue weighted by Crippen LogP contribution is -2.48. The highest BCUT2D eigenvalue weighted by Crippen LogP contribution is 2.18. The lowest BCUT2D eigenvalue weighted by atomic mass is 9.93. The fourth-order valence-electron chi connectivity index (χ4n) is 3.04. The van der Waals surface area contributed by atoms with E-state index in [0.717, 1.165) is 6.42 Å². The molecule has 136 valence electrons. The summed E-state index contributed by atoms with van der Waals surface area (Å²) in [6.07, 6.45) is 4.74. The Morgan fingerprint density at radius 1 is 1.12 bits per heavy atom. The number of nitrogens with one attached hydrogen (secondary N) is 2. The molecule has 2 heterocycles. The number of carboxylic acid groups (broad SMARTS) is 1. The van der Waals surface area contributed by atoms with Crippen LogP contribution in [0.4, 0.5) is 0 Å². The quantitative estimate of drug-likeness (QED) is 0.685. The van der Waals surface area contributed by atoms with Crippen LogP contribution in [0.2, 0.25) is 0 Å². The monoisotopic (exact) mass is 356 g/mol. The van der Waals surface area contributed by atoms with Gasteiger partial charge in [0.25, 0.3) is 5.91 Å². The molecule has 1 aliphatic heterocycles. The van der Waals surface area contributed by atoms with Gasteiger partial charge in [0, 0.05) is 41.6 Å². The molecule has 1 fully saturated rings. The minimum absolute atomic E-state index is 0.152. The molecule has 0 bridgehead atoms. The Kier molecular flexibility index (Phi) is 5.48. The van der Waals surface area contributed by atoms with Gasteiger partial charge in [-0.3, -0.25) is 9.59 Å². The van der Waals surface area contributed by atoms with Crippen molar-refractivity contribution in [1.82, 2.24) is 10.3 Å². The lowest BCUT2D eigenvalue weighted by Gasteiger charge is -2.28. The van der Waals surface area contributed by atoms with E-state index in [1.165, 1.54) is 12.1 Å². The number of aromatic nitrogens is 1. The van der Waals surface area contributed by atoms with E-state index >= 15 is 0 Å². The van der Waals surface area contributed by atoms with Crippen LogP contribution in [0.1, 0.15) is 39.1 Å². The van der Waals surface area contributed by atoms with Crippen LogP contribution in [0.3, 0.4) is 0 Å². The number of H-pyrrole nitrogens is 1. The van der Waals surface area contributed by atoms with Gasteiger partial charge < -0.3 is 20.1 Å². The maximum absolute atomic E-state index is 12.4. The maximum atomic E-state index is 12.4. The summed E-state index contributed by atoms with van der Waals surface area (Å²) in [6.45, 7) is 0.939. The van der Waals surface area contributed by atoms with E-state index in [4.69, 9.17) is 4.74 Å². The first kappa shape index (κ1) is 17.9. The zero-order valence-electron chi connectivity index (χ0n) is 14.1. The molecule has 3 N–H and O–H groups in total. The molecule has 2 unspecified atom stereocenters. The summed E-state index contributed by atoms with van der Waals surface area (Å²) in [4.78, 5) is 39.0. The van der Waals surface area contributed by atoms with Crippen molar-refractivity contribution >= 4 is 17.7 Å². The third-order valence-electron chi connectivity index (χ3n) is 4.49. The topological polar surface area (TPSA) is 108 Å². The number of carbonyl (C=O) groups excluding carboxylic acids is 2. The Morgan fingerprint density at radius 3 is 2.42 bits per heavy atom. The van der Waals surface area contributed by atoms with Gasteiger partial charge in [-0.1, -0.05) is 12.1 Å². The van der Waals surface area contributed by atoms with E-state index in [2.05, 4.69) is 10.3 Å². The number of aromatic amines is 1.